The number of para-hydroxylation sites is 1. The van der Waals surface area contributed by atoms with Gasteiger partial charge in [0.1, 0.15) is 17.6 Å². The highest BCUT2D eigenvalue weighted by atomic mass is 16.5. The first-order valence-electron chi connectivity index (χ1n) is 11.2. The first-order chi connectivity index (χ1) is 15.9. The van der Waals surface area contributed by atoms with E-state index in [0.717, 1.165) is 12.8 Å². The van der Waals surface area contributed by atoms with Crippen LogP contribution in [0.1, 0.15) is 38.4 Å². The van der Waals surface area contributed by atoms with Gasteiger partial charge >= 0.3 is 11.9 Å². The molecule has 2 saturated carbocycles. The normalized spacial score (nSPS) is 21.6. The van der Waals surface area contributed by atoms with Crippen molar-refractivity contribution in [2.24, 2.45) is 23.2 Å². The number of benzene rings is 2. The van der Waals surface area contributed by atoms with Crippen molar-refractivity contribution < 1.29 is 23.8 Å². The van der Waals surface area contributed by atoms with Crippen LogP contribution in [0.3, 0.4) is 0 Å². The Bertz CT molecular complexity index is 1080. The van der Waals surface area contributed by atoms with Crippen LogP contribution in [0.2, 0.25) is 0 Å². The van der Waals surface area contributed by atoms with Gasteiger partial charge in [-0.2, -0.15) is 5.26 Å². The largest absolute Gasteiger partial charge is 0.462 e. The topological polar surface area (TPSA) is 85.6 Å². The van der Waals surface area contributed by atoms with Gasteiger partial charge in [-0.25, -0.2) is 4.79 Å². The Balaban J connectivity index is 1.37. The molecule has 0 radical (unpaired) electrons. The monoisotopic (exact) mass is 445 g/mol. The molecule has 2 aromatic rings. The van der Waals surface area contributed by atoms with E-state index >= 15 is 0 Å². The first-order valence-corrected chi connectivity index (χ1v) is 11.2. The Kier molecular flexibility index (Phi) is 6.50. The van der Waals surface area contributed by atoms with Gasteiger partial charge in [-0.1, -0.05) is 50.3 Å². The average molecular weight is 446 g/mol. The molecule has 0 heterocycles. The van der Waals surface area contributed by atoms with Crippen LogP contribution >= 0.6 is 0 Å². The number of carbonyl (C=O) groups excluding carboxylic acids is 2. The van der Waals surface area contributed by atoms with E-state index in [-0.39, 0.29) is 17.3 Å². The molecule has 0 N–H and O–H groups in total. The highest BCUT2D eigenvalue weighted by molar-refractivity contribution is 5.83. The van der Waals surface area contributed by atoms with Crippen LogP contribution in [0.25, 0.3) is 0 Å². The predicted octanol–water partition coefficient (Wildman–Crippen LogP) is 5.37. The van der Waals surface area contributed by atoms with Crippen LogP contribution in [0.4, 0.5) is 0 Å². The molecular weight excluding hydrogens is 418 g/mol. The second-order valence-corrected chi connectivity index (χ2v) is 9.19. The molecule has 2 fully saturated rings. The third-order valence-electron chi connectivity index (χ3n) is 6.25. The zero-order valence-corrected chi connectivity index (χ0v) is 18.8. The quantitative estimate of drug-likeness (QED) is 0.381. The van der Waals surface area contributed by atoms with Crippen LogP contribution in [0, 0.1) is 34.5 Å². The first kappa shape index (κ1) is 22.6. The van der Waals surface area contributed by atoms with Crippen molar-refractivity contribution in [2.45, 2.75) is 32.8 Å². The number of hydrogen-bond donors (Lipinski definition) is 0. The zero-order valence-electron chi connectivity index (χ0n) is 18.8. The lowest BCUT2D eigenvalue weighted by Gasteiger charge is -2.13. The molecule has 6 nitrogen and oxygen atoms in total. The van der Waals surface area contributed by atoms with E-state index in [4.69, 9.17) is 14.2 Å². The number of rotatable bonds is 9. The summed E-state index contributed by atoms with van der Waals surface area (Å²) in [6, 6.07) is 18.3. The van der Waals surface area contributed by atoms with Gasteiger partial charge in [-0.05, 0) is 54.4 Å². The summed E-state index contributed by atoms with van der Waals surface area (Å²) in [5.74, 6) is 0.304. The van der Waals surface area contributed by atoms with Crippen molar-refractivity contribution in [1.29, 1.82) is 5.26 Å². The molecule has 2 aliphatic carbocycles. The minimum Gasteiger partial charge on any atom is -0.462 e. The van der Waals surface area contributed by atoms with Gasteiger partial charge < -0.3 is 14.2 Å². The maximum absolute atomic E-state index is 12.9. The third-order valence-corrected chi connectivity index (χ3v) is 6.25. The number of esters is 2. The number of allylic oxidation sites excluding steroid dienone is 1. The summed E-state index contributed by atoms with van der Waals surface area (Å²) in [7, 11) is 0. The SMILES string of the molecule is CC1(C)[C@H](C(=O)O[C@H](C#N)c2cccc(Oc3ccccc3)c2)[C@@H]1C=CC(=O)OCC1CC1. The van der Waals surface area contributed by atoms with Gasteiger partial charge in [0.25, 0.3) is 0 Å². The minimum atomic E-state index is -1.05. The molecule has 0 aliphatic heterocycles. The van der Waals surface area contributed by atoms with Crippen LogP contribution in [0.15, 0.2) is 66.7 Å². The Morgan fingerprint density at radius 1 is 1.12 bits per heavy atom. The molecule has 0 spiro atoms. The van der Waals surface area contributed by atoms with Crippen LogP contribution in [0.5, 0.6) is 11.5 Å². The van der Waals surface area contributed by atoms with Gasteiger partial charge in [-0.15, -0.1) is 0 Å². The number of carbonyl (C=O) groups is 2. The molecule has 3 atom stereocenters. The fraction of sp³-hybridized carbons (Fsp3) is 0.370. The van der Waals surface area contributed by atoms with Crippen LogP contribution < -0.4 is 4.74 Å². The molecule has 0 aromatic heterocycles. The summed E-state index contributed by atoms with van der Waals surface area (Å²) in [4.78, 5) is 24.8. The molecule has 2 aliphatic rings. The molecule has 4 rings (SSSR count). The van der Waals surface area contributed by atoms with Crippen molar-refractivity contribution in [1.82, 2.24) is 0 Å². The Morgan fingerprint density at radius 3 is 2.55 bits per heavy atom. The minimum absolute atomic E-state index is 0.148. The van der Waals surface area contributed by atoms with Gasteiger partial charge in [0, 0.05) is 11.6 Å². The summed E-state index contributed by atoms with van der Waals surface area (Å²) in [5.41, 5.74) is 0.177. The number of hydrogen-bond acceptors (Lipinski definition) is 6. The lowest BCUT2D eigenvalue weighted by molar-refractivity contribution is -0.149. The zero-order chi connectivity index (χ0) is 23.4. The summed E-state index contributed by atoms with van der Waals surface area (Å²) in [6.45, 7) is 4.35. The predicted molar refractivity (Wildman–Crippen MR) is 121 cm³/mol. The molecule has 0 bridgehead atoms. The third kappa shape index (κ3) is 5.61. The molecular formula is C27H27NO5. The Hall–Kier alpha value is -3.59. The van der Waals surface area contributed by atoms with Crippen molar-refractivity contribution >= 4 is 11.9 Å². The van der Waals surface area contributed by atoms with E-state index in [1.54, 1.807) is 30.3 Å². The van der Waals surface area contributed by atoms with Crippen LogP contribution in [-0.2, 0) is 19.1 Å². The van der Waals surface area contributed by atoms with Gasteiger partial charge in [-0.3, -0.25) is 4.79 Å². The second kappa shape index (κ2) is 9.50. The van der Waals surface area contributed by atoms with Crippen molar-refractivity contribution in [3.63, 3.8) is 0 Å². The number of nitriles is 1. The summed E-state index contributed by atoms with van der Waals surface area (Å²) >= 11 is 0. The van der Waals surface area contributed by atoms with Crippen molar-refractivity contribution in [3.05, 3.63) is 72.3 Å². The van der Waals surface area contributed by atoms with Gasteiger partial charge in [0.2, 0.25) is 6.10 Å². The molecule has 0 amide bonds. The number of nitrogens with zero attached hydrogens (tertiary/aromatic N) is 1. The lowest BCUT2D eigenvalue weighted by Crippen LogP contribution is -2.14. The number of ether oxygens (including phenoxy) is 3. The maximum atomic E-state index is 12.9. The van der Waals surface area contributed by atoms with E-state index in [1.807, 2.05) is 44.2 Å². The highest BCUT2D eigenvalue weighted by Crippen LogP contribution is 2.59. The summed E-state index contributed by atoms with van der Waals surface area (Å²) < 4.78 is 16.6. The second-order valence-electron chi connectivity index (χ2n) is 9.19. The smallest absolute Gasteiger partial charge is 0.330 e. The van der Waals surface area contributed by atoms with E-state index in [0.29, 0.717) is 29.6 Å². The Labute approximate surface area is 193 Å². The molecule has 170 valence electrons. The van der Waals surface area contributed by atoms with Gasteiger partial charge in [0.15, 0.2) is 0 Å². The van der Waals surface area contributed by atoms with E-state index in [1.165, 1.54) is 6.08 Å². The summed E-state index contributed by atoms with van der Waals surface area (Å²) in [6.07, 6.45) is 4.29. The molecule has 33 heavy (non-hydrogen) atoms. The van der Waals surface area contributed by atoms with E-state index < -0.39 is 18.0 Å². The van der Waals surface area contributed by atoms with E-state index in [9.17, 15) is 14.9 Å². The average Bonchev–Trinajstić information content (AvgIpc) is 3.72. The maximum Gasteiger partial charge on any atom is 0.330 e. The standard InChI is InChI=1S/C27H27NO5/c1-27(2)22(13-14-24(29)31-17-18-11-12-18)25(27)26(30)33-23(16-28)19-7-6-10-21(15-19)32-20-8-4-3-5-9-20/h3-10,13-15,18,22-23,25H,11-12,17H2,1-2H3/t22-,23+,25-/m0/s1. The summed E-state index contributed by atoms with van der Waals surface area (Å²) in [5, 5.41) is 9.65. The lowest BCUT2D eigenvalue weighted by atomic mass is 10.1. The van der Waals surface area contributed by atoms with Crippen molar-refractivity contribution in [3.8, 4) is 17.6 Å². The fourth-order valence-electron chi connectivity index (χ4n) is 3.93. The molecule has 2 aromatic carbocycles. The molecule has 6 heteroatoms. The van der Waals surface area contributed by atoms with Gasteiger partial charge in [0.05, 0.1) is 12.5 Å². The Morgan fingerprint density at radius 2 is 1.85 bits per heavy atom. The molecule has 0 saturated heterocycles. The fourth-order valence-corrected chi connectivity index (χ4v) is 3.93. The molecule has 0 unspecified atom stereocenters. The van der Waals surface area contributed by atoms with Crippen LogP contribution in [-0.4, -0.2) is 18.5 Å². The van der Waals surface area contributed by atoms with Crippen molar-refractivity contribution in [2.75, 3.05) is 6.61 Å². The highest BCUT2D eigenvalue weighted by Gasteiger charge is 2.61. The van der Waals surface area contributed by atoms with E-state index in [2.05, 4.69) is 6.07 Å².